The van der Waals surface area contributed by atoms with Gasteiger partial charge in [0.05, 0.1) is 18.9 Å². The third-order valence-corrected chi connectivity index (χ3v) is 4.41. The molecule has 2 aromatic rings. The van der Waals surface area contributed by atoms with Crippen molar-refractivity contribution in [2.45, 2.75) is 19.3 Å². The second-order valence-corrected chi connectivity index (χ2v) is 6.60. The van der Waals surface area contributed by atoms with Gasteiger partial charge in [0.15, 0.2) is 5.82 Å². The van der Waals surface area contributed by atoms with Crippen LogP contribution in [0.25, 0.3) is 0 Å². The number of carbonyl (C=O) groups is 2. The summed E-state index contributed by atoms with van der Waals surface area (Å²) in [7, 11) is 7.41. The number of nitrogens with one attached hydrogen (secondary N) is 1. The number of halogens is 1. The monoisotopic (exact) mass is 352 g/mol. The lowest BCUT2D eigenvalue weighted by Gasteiger charge is -2.19. The minimum absolute atomic E-state index is 0.0165. The van der Waals surface area contributed by atoms with E-state index in [9.17, 15) is 14.0 Å². The van der Waals surface area contributed by atoms with E-state index in [4.69, 9.17) is 7.85 Å². The molecule has 2 atom stereocenters. The van der Waals surface area contributed by atoms with Gasteiger partial charge in [-0.1, -0.05) is 24.5 Å². The quantitative estimate of drug-likeness (QED) is 0.822. The SMILES string of the molecule is [B]c1ccc(C(=O)N(C)CC(=O)Nc2ncc(F)cn2)c([C@@H]2CC2C)c1. The standard InChI is InChI=1S/C18H18BFN4O2/c1-10-5-14(10)15-6-11(19)3-4-13(15)17(26)24(2)9-16(25)23-18-21-7-12(20)8-22-18/h3-4,6-8,10,14H,5,9H2,1-2H3,(H,21,22,23,25)/t10?,14-/m1/s1. The molecule has 0 aliphatic heterocycles. The summed E-state index contributed by atoms with van der Waals surface area (Å²) in [4.78, 5) is 33.5. The largest absolute Gasteiger partial charge is 0.332 e. The van der Waals surface area contributed by atoms with Crippen LogP contribution >= 0.6 is 0 Å². The van der Waals surface area contributed by atoms with E-state index in [1.54, 1.807) is 19.2 Å². The molecule has 1 aliphatic rings. The van der Waals surface area contributed by atoms with E-state index in [0.29, 0.717) is 22.9 Å². The average Bonchev–Trinajstić information content (AvgIpc) is 3.33. The summed E-state index contributed by atoms with van der Waals surface area (Å²) < 4.78 is 12.8. The van der Waals surface area contributed by atoms with Crippen molar-refractivity contribution in [2.24, 2.45) is 5.92 Å². The van der Waals surface area contributed by atoms with Crippen LogP contribution in [0.4, 0.5) is 10.3 Å². The zero-order valence-corrected chi connectivity index (χ0v) is 14.6. The molecule has 1 N–H and O–H groups in total. The van der Waals surface area contributed by atoms with Gasteiger partial charge in [-0.25, -0.2) is 14.4 Å². The van der Waals surface area contributed by atoms with Crippen molar-refractivity contribution in [1.29, 1.82) is 0 Å². The van der Waals surface area contributed by atoms with Gasteiger partial charge in [-0.3, -0.25) is 14.9 Å². The molecule has 1 unspecified atom stereocenters. The fourth-order valence-corrected chi connectivity index (χ4v) is 2.87. The summed E-state index contributed by atoms with van der Waals surface area (Å²) >= 11 is 0. The van der Waals surface area contributed by atoms with Gasteiger partial charge in [0.2, 0.25) is 11.9 Å². The Labute approximate surface area is 152 Å². The number of aromatic nitrogens is 2. The fourth-order valence-electron chi connectivity index (χ4n) is 2.87. The van der Waals surface area contributed by atoms with Crippen LogP contribution in [0.3, 0.4) is 0 Å². The number of carbonyl (C=O) groups excluding carboxylic acids is 2. The van der Waals surface area contributed by atoms with Gasteiger partial charge >= 0.3 is 0 Å². The van der Waals surface area contributed by atoms with E-state index < -0.39 is 11.7 Å². The van der Waals surface area contributed by atoms with Crippen molar-refractivity contribution in [2.75, 3.05) is 18.9 Å². The molecule has 0 saturated heterocycles. The van der Waals surface area contributed by atoms with Crippen molar-refractivity contribution in [3.8, 4) is 0 Å². The molecular weight excluding hydrogens is 334 g/mol. The maximum absolute atomic E-state index is 12.8. The molecule has 6 nitrogen and oxygen atoms in total. The molecule has 1 aromatic heterocycles. The summed E-state index contributed by atoms with van der Waals surface area (Å²) in [5, 5.41) is 2.43. The third-order valence-electron chi connectivity index (χ3n) is 4.41. The summed E-state index contributed by atoms with van der Waals surface area (Å²) in [6, 6.07) is 5.22. The van der Waals surface area contributed by atoms with E-state index >= 15 is 0 Å². The number of anilines is 1. The Morgan fingerprint density at radius 3 is 2.62 bits per heavy atom. The van der Waals surface area contributed by atoms with Gasteiger partial charge in [-0.15, -0.1) is 0 Å². The van der Waals surface area contributed by atoms with E-state index in [2.05, 4.69) is 22.2 Å². The first kappa shape index (κ1) is 18.0. The summed E-state index contributed by atoms with van der Waals surface area (Å²) in [5.74, 6) is -0.490. The highest BCUT2D eigenvalue weighted by Crippen LogP contribution is 2.47. The second-order valence-electron chi connectivity index (χ2n) is 6.60. The first-order chi connectivity index (χ1) is 12.3. The Kier molecular flexibility index (Phi) is 5.02. The van der Waals surface area contributed by atoms with Crippen LogP contribution in [-0.4, -0.2) is 48.1 Å². The number of hydrogen-bond donors (Lipinski definition) is 1. The predicted molar refractivity (Wildman–Crippen MR) is 95.9 cm³/mol. The van der Waals surface area contributed by atoms with Crippen molar-refractivity contribution >= 4 is 31.1 Å². The first-order valence-electron chi connectivity index (χ1n) is 8.27. The molecule has 8 heteroatoms. The van der Waals surface area contributed by atoms with Gasteiger partial charge < -0.3 is 4.90 Å². The van der Waals surface area contributed by atoms with Crippen molar-refractivity contribution in [3.05, 3.63) is 47.5 Å². The summed E-state index contributed by atoms with van der Waals surface area (Å²) in [5.41, 5.74) is 2.10. The molecule has 3 rings (SSSR count). The number of nitrogens with zero attached hydrogens (tertiary/aromatic N) is 3. The Bertz CT molecular complexity index is 844. The fraction of sp³-hybridized carbons (Fsp3) is 0.333. The van der Waals surface area contributed by atoms with Crippen molar-refractivity contribution in [1.82, 2.24) is 14.9 Å². The van der Waals surface area contributed by atoms with Crippen LogP contribution < -0.4 is 10.8 Å². The molecule has 1 aliphatic carbocycles. The molecule has 132 valence electrons. The highest BCUT2D eigenvalue weighted by Gasteiger charge is 2.37. The molecule has 1 saturated carbocycles. The smallest absolute Gasteiger partial charge is 0.254 e. The Morgan fingerprint density at radius 1 is 1.35 bits per heavy atom. The van der Waals surface area contributed by atoms with E-state index in [0.717, 1.165) is 24.4 Å². The molecule has 1 heterocycles. The number of amides is 2. The lowest BCUT2D eigenvalue weighted by Crippen LogP contribution is -2.35. The van der Waals surface area contributed by atoms with Crippen molar-refractivity contribution in [3.63, 3.8) is 0 Å². The maximum Gasteiger partial charge on any atom is 0.254 e. The first-order valence-corrected chi connectivity index (χ1v) is 8.27. The minimum atomic E-state index is -0.597. The van der Waals surface area contributed by atoms with Gasteiger partial charge in [-0.05, 0) is 29.9 Å². The minimum Gasteiger partial charge on any atom is -0.332 e. The zero-order chi connectivity index (χ0) is 18.8. The average molecular weight is 352 g/mol. The zero-order valence-electron chi connectivity index (χ0n) is 14.6. The van der Waals surface area contributed by atoms with Gasteiger partial charge in [0.1, 0.15) is 7.85 Å². The van der Waals surface area contributed by atoms with Gasteiger partial charge in [-0.2, -0.15) is 0 Å². The molecule has 1 aromatic carbocycles. The normalized spacial score (nSPS) is 18.3. The van der Waals surface area contributed by atoms with E-state index in [1.165, 1.54) is 4.90 Å². The van der Waals surface area contributed by atoms with Crippen LogP contribution in [0.15, 0.2) is 30.6 Å². The lowest BCUT2D eigenvalue weighted by atomic mass is 9.89. The highest BCUT2D eigenvalue weighted by molar-refractivity contribution is 6.32. The van der Waals surface area contributed by atoms with Crippen LogP contribution in [0.1, 0.15) is 35.2 Å². The number of benzene rings is 1. The highest BCUT2D eigenvalue weighted by atomic mass is 19.1. The molecule has 26 heavy (non-hydrogen) atoms. The molecule has 2 radical (unpaired) electrons. The second kappa shape index (κ2) is 7.23. The number of hydrogen-bond acceptors (Lipinski definition) is 4. The van der Waals surface area contributed by atoms with Crippen LogP contribution in [0, 0.1) is 11.7 Å². The van der Waals surface area contributed by atoms with E-state index in [1.807, 2.05) is 6.07 Å². The van der Waals surface area contributed by atoms with Crippen molar-refractivity contribution < 1.29 is 14.0 Å². The van der Waals surface area contributed by atoms with Gasteiger partial charge in [0.25, 0.3) is 5.91 Å². The van der Waals surface area contributed by atoms with Crippen LogP contribution in [-0.2, 0) is 4.79 Å². The maximum atomic E-state index is 12.8. The van der Waals surface area contributed by atoms with Gasteiger partial charge in [0, 0.05) is 12.6 Å². The number of rotatable bonds is 5. The Balaban J connectivity index is 1.68. The Hall–Kier alpha value is -2.77. The molecule has 1 fully saturated rings. The summed E-state index contributed by atoms with van der Waals surface area (Å²) in [6.45, 7) is 1.95. The third kappa shape index (κ3) is 4.07. The Morgan fingerprint density at radius 2 is 2.00 bits per heavy atom. The van der Waals surface area contributed by atoms with E-state index in [-0.39, 0.29) is 18.4 Å². The predicted octanol–water partition coefficient (Wildman–Crippen LogP) is 1.24. The topological polar surface area (TPSA) is 75.2 Å². The number of likely N-dealkylation sites (N-methyl/N-ethyl adjacent to an activating group) is 1. The summed E-state index contributed by atoms with van der Waals surface area (Å²) in [6.07, 6.45) is 2.93. The van der Waals surface area contributed by atoms with Crippen LogP contribution in [0.2, 0.25) is 0 Å². The van der Waals surface area contributed by atoms with Crippen LogP contribution in [0.5, 0.6) is 0 Å². The molecule has 0 bridgehead atoms. The molecular formula is C18H18BFN4O2. The molecule has 2 amide bonds. The lowest BCUT2D eigenvalue weighted by molar-refractivity contribution is -0.116. The molecule has 0 spiro atoms.